The summed E-state index contributed by atoms with van der Waals surface area (Å²) in [5, 5.41) is 3.45. The van der Waals surface area contributed by atoms with Gasteiger partial charge in [0, 0.05) is 23.4 Å². The molecule has 0 spiro atoms. The lowest BCUT2D eigenvalue weighted by Crippen LogP contribution is -2.29. The van der Waals surface area contributed by atoms with Crippen molar-refractivity contribution >= 4 is 34.8 Å². The number of carbonyl (C=O) groups excluding carboxylic acids is 2. The van der Waals surface area contributed by atoms with Crippen LogP contribution in [-0.2, 0) is 9.59 Å². The fraction of sp³-hybridized carbons (Fsp3) is 0.263. The molecule has 2 aromatic carbocycles. The van der Waals surface area contributed by atoms with Crippen LogP contribution in [0.2, 0.25) is 5.02 Å². The molecule has 4 nitrogen and oxygen atoms in total. The Bertz CT molecular complexity index is 776. The molecule has 0 bridgehead atoms. The molecule has 5 heteroatoms. The monoisotopic (exact) mass is 342 g/mol. The molecule has 1 N–H and O–H groups in total. The highest BCUT2D eigenvalue weighted by molar-refractivity contribution is 6.31. The smallest absolute Gasteiger partial charge is 0.230 e. The SMILES string of the molecule is Cc1ccc(Cl)cc1NC(=O)C1CC1C(=O)N(C)c1ccccc1. The molecule has 0 radical (unpaired) electrons. The van der Waals surface area contributed by atoms with Crippen molar-refractivity contribution < 1.29 is 9.59 Å². The number of rotatable bonds is 4. The zero-order valence-electron chi connectivity index (χ0n) is 13.6. The van der Waals surface area contributed by atoms with Crippen molar-refractivity contribution in [2.75, 3.05) is 17.3 Å². The number of amides is 2. The number of halogens is 1. The zero-order valence-corrected chi connectivity index (χ0v) is 14.4. The van der Waals surface area contributed by atoms with Gasteiger partial charge in [-0.2, -0.15) is 0 Å². The van der Waals surface area contributed by atoms with E-state index >= 15 is 0 Å². The largest absolute Gasteiger partial charge is 0.326 e. The van der Waals surface area contributed by atoms with E-state index in [0.717, 1.165) is 11.3 Å². The maximum absolute atomic E-state index is 12.5. The van der Waals surface area contributed by atoms with Crippen LogP contribution in [0.15, 0.2) is 48.5 Å². The molecule has 124 valence electrons. The Kier molecular flexibility index (Phi) is 4.58. The number of hydrogen-bond acceptors (Lipinski definition) is 2. The number of hydrogen-bond donors (Lipinski definition) is 1. The molecule has 2 atom stereocenters. The summed E-state index contributed by atoms with van der Waals surface area (Å²) in [6, 6.07) is 14.8. The van der Waals surface area contributed by atoms with Crippen LogP contribution in [0.1, 0.15) is 12.0 Å². The third-order valence-corrected chi connectivity index (χ3v) is 4.61. The molecule has 2 aromatic rings. The van der Waals surface area contributed by atoms with Crippen molar-refractivity contribution in [2.45, 2.75) is 13.3 Å². The average Bonchev–Trinajstić information content (AvgIpc) is 3.38. The summed E-state index contributed by atoms with van der Waals surface area (Å²) in [5.41, 5.74) is 2.47. The van der Waals surface area contributed by atoms with E-state index in [1.165, 1.54) is 0 Å². The molecule has 1 saturated carbocycles. The number of nitrogens with one attached hydrogen (secondary N) is 1. The molecule has 1 fully saturated rings. The van der Waals surface area contributed by atoms with Gasteiger partial charge in [0.1, 0.15) is 0 Å². The van der Waals surface area contributed by atoms with Gasteiger partial charge in [-0.1, -0.05) is 35.9 Å². The van der Waals surface area contributed by atoms with Gasteiger partial charge in [-0.3, -0.25) is 9.59 Å². The van der Waals surface area contributed by atoms with E-state index < -0.39 is 0 Å². The minimum atomic E-state index is -0.276. The first-order valence-electron chi connectivity index (χ1n) is 7.87. The lowest BCUT2D eigenvalue weighted by Gasteiger charge is -2.17. The average molecular weight is 343 g/mol. The van der Waals surface area contributed by atoms with Crippen LogP contribution >= 0.6 is 11.6 Å². The number of benzene rings is 2. The predicted octanol–water partition coefficient (Wildman–Crippen LogP) is 3.89. The molecule has 2 amide bonds. The fourth-order valence-electron chi connectivity index (χ4n) is 2.74. The van der Waals surface area contributed by atoms with Crippen LogP contribution in [0, 0.1) is 18.8 Å². The first kappa shape index (κ1) is 16.5. The molecule has 1 aliphatic rings. The summed E-state index contributed by atoms with van der Waals surface area (Å²) < 4.78 is 0. The van der Waals surface area contributed by atoms with Gasteiger partial charge in [0.2, 0.25) is 11.8 Å². The molecule has 0 saturated heterocycles. The Balaban J connectivity index is 1.63. The number of anilines is 2. The van der Waals surface area contributed by atoms with Gasteiger partial charge in [0.05, 0.1) is 11.8 Å². The molecular weight excluding hydrogens is 324 g/mol. The first-order valence-corrected chi connectivity index (χ1v) is 8.25. The van der Waals surface area contributed by atoms with E-state index in [2.05, 4.69) is 5.32 Å². The van der Waals surface area contributed by atoms with E-state index in [9.17, 15) is 9.59 Å². The number of nitrogens with zero attached hydrogens (tertiary/aromatic N) is 1. The van der Waals surface area contributed by atoms with Crippen molar-refractivity contribution in [1.29, 1.82) is 0 Å². The maximum atomic E-state index is 12.5. The van der Waals surface area contributed by atoms with Crippen molar-refractivity contribution in [2.24, 2.45) is 11.8 Å². The van der Waals surface area contributed by atoms with E-state index in [4.69, 9.17) is 11.6 Å². The molecular formula is C19H19ClN2O2. The normalized spacial score (nSPS) is 18.8. The van der Waals surface area contributed by atoms with Crippen molar-refractivity contribution in [3.63, 3.8) is 0 Å². The van der Waals surface area contributed by atoms with Crippen LogP contribution in [-0.4, -0.2) is 18.9 Å². The second kappa shape index (κ2) is 6.65. The van der Waals surface area contributed by atoms with Crippen LogP contribution in [0.25, 0.3) is 0 Å². The summed E-state index contributed by atoms with van der Waals surface area (Å²) >= 11 is 5.97. The predicted molar refractivity (Wildman–Crippen MR) is 96.3 cm³/mol. The standard InChI is InChI=1S/C19H19ClN2O2/c1-12-8-9-13(20)10-17(12)21-18(23)15-11-16(15)19(24)22(2)14-6-4-3-5-7-14/h3-10,15-16H,11H2,1-2H3,(H,21,23). The molecule has 0 heterocycles. The molecule has 0 aliphatic heterocycles. The Morgan fingerprint density at radius 1 is 1.12 bits per heavy atom. The lowest BCUT2D eigenvalue weighted by molar-refractivity contribution is -0.123. The van der Waals surface area contributed by atoms with Gasteiger partial charge in [-0.15, -0.1) is 0 Å². The van der Waals surface area contributed by atoms with E-state index in [1.54, 1.807) is 24.1 Å². The van der Waals surface area contributed by atoms with Crippen LogP contribution < -0.4 is 10.2 Å². The summed E-state index contributed by atoms with van der Waals surface area (Å²) in [5.74, 6) is -0.680. The van der Waals surface area contributed by atoms with Crippen LogP contribution in [0.4, 0.5) is 11.4 Å². The first-order chi connectivity index (χ1) is 11.5. The Hall–Kier alpha value is -2.33. The second-order valence-electron chi connectivity index (χ2n) is 6.13. The minimum Gasteiger partial charge on any atom is -0.326 e. The molecule has 3 rings (SSSR count). The summed E-state index contributed by atoms with van der Waals surface area (Å²) in [6.45, 7) is 1.91. The summed E-state index contributed by atoms with van der Waals surface area (Å²) in [7, 11) is 1.74. The van der Waals surface area contributed by atoms with Crippen molar-refractivity contribution in [3.05, 3.63) is 59.1 Å². The van der Waals surface area contributed by atoms with Gasteiger partial charge >= 0.3 is 0 Å². The number of para-hydroxylation sites is 1. The van der Waals surface area contributed by atoms with Crippen LogP contribution in [0.5, 0.6) is 0 Å². The third-order valence-electron chi connectivity index (χ3n) is 4.38. The Morgan fingerprint density at radius 3 is 2.54 bits per heavy atom. The minimum absolute atomic E-state index is 0.0239. The number of carbonyl (C=O) groups is 2. The fourth-order valence-corrected chi connectivity index (χ4v) is 2.91. The maximum Gasteiger partial charge on any atom is 0.230 e. The van der Waals surface area contributed by atoms with E-state index in [0.29, 0.717) is 17.1 Å². The third kappa shape index (κ3) is 3.44. The Labute approximate surface area is 146 Å². The van der Waals surface area contributed by atoms with Gasteiger partial charge < -0.3 is 10.2 Å². The van der Waals surface area contributed by atoms with Crippen LogP contribution in [0.3, 0.4) is 0 Å². The van der Waals surface area contributed by atoms with E-state index in [1.807, 2.05) is 43.3 Å². The molecule has 0 aromatic heterocycles. The zero-order chi connectivity index (χ0) is 17.3. The van der Waals surface area contributed by atoms with Crippen molar-refractivity contribution in [1.82, 2.24) is 0 Å². The van der Waals surface area contributed by atoms with Gasteiger partial charge in [-0.05, 0) is 43.2 Å². The van der Waals surface area contributed by atoms with Gasteiger partial charge in [-0.25, -0.2) is 0 Å². The Morgan fingerprint density at radius 2 is 1.83 bits per heavy atom. The summed E-state index contributed by atoms with van der Waals surface area (Å²) in [6.07, 6.45) is 0.585. The highest BCUT2D eigenvalue weighted by Gasteiger charge is 2.49. The van der Waals surface area contributed by atoms with Gasteiger partial charge in [0.25, 0.3) is 0 Å². The van der Waals surface area contributed by atoms with Crippen molar-refractivity contribution in [3.8, 4) is 0 Å². The second-order valence-corrected chi connectivity index (χ2v) is 6.57. The number of aryl methyl sites for hydroxylation is 1. The topological polar surface area (TPSA) is 49.4 Å². The van der Waals surface area contributed by atoms with E-state index in [-0.39, 0.29) is 23.7 Å². The van der Waals surface area contributed by atoms with Gasteiger partial charge in [0.15, 0.2) is 0 Å². The highest BCUT2D eigenvalue weighted by Crippen LogP contribution is 2.41. The lowest BCUT2D eigenvalue weighted by atomic mass is 10.2. The molecule has 24 heavy (non-hydrogen) atoms. The quantitative estimate of drug-likeness (QED) is 0.916. The highest BCUT2D eigenvalue weighted by atomic mass is 35.5. The summed E-state index contributed by atoms with van der Waals surface area (Å²) in [4.78, 5) is 26.5. The molecule has 2 unspecified atom stereocenters. The molecule has 1 aliphatic carbocycles.